The van der Waals surface area contributed by atoms with Crippen LogP contribution in [0.25, 0.3) is 0 Å². The number of rotatable bonds is 10. The average Bonchev–Trinajstić information content (AvgIpc) is 2.70. The van der Waals surface area contributed by atoms with Crippen LogP contribution < -0.4 is 10.6 Å². The summed E-state index contributed by atoms with van der Waals surface area (Å²) in [7, 11) is 0. The standard InChI is InChI=1S/C25H41N3O5/c1-9-10-13-26-22(30)21(19-14-17(4)11-12-18(19)5)28(16(2)3)23(31)20(15-29)27-24(32)33-25(6,7)8/h11-12,14,16,20-21,29H,9-10,13,15H2,1-8H3,(H,26,30)(H,27,32). The molecule has 0 saturated heterocycles. The molecule has 3 amide bonds. The molecule has 8 heteroatoms. The number of aliphatic hydroxyl groups excluding tert-OH is 1. The number of carbonyl (C=O) groups is 3. The third-order valence-electron chi connectivity index (χ3n) is 5.07. The van der Waals surface area contributed by atoms with Gasteiger partial charge >= 0.3 is 6.09 Å². The van der Waals surface area contributed by atoms with Crippen molar-refractivity contribution in [2.75, 3.05) is 13.2 Å². The van der Waals surface area contributed by atoms with Crippen LogP contribution >= 0.6 is 0 Å². The van der Waals surface area contributed by atoms with Crippen molar-refractivity contribution in [3.63, 3.8) is 0 Å². The van der Waals surface area contributed by atoms with E-state index >= 15 is 0 Å². The van der Waals surface area contributed by atoms with Gasteiger partial charge in [0.1, 0.15) is 17.7 Å². The summed E-state index contributed by atoms with van der Waals surface area (Å²) in [6.45, 7) is 14.5. The molecule has 2 atom stereocenters. The van der Waals surface area contributed by atoms with Crippen LogP contribution in [0.5, 0.6) is 0 Å². The zero-order chi connectivity index (χ0) is 25.3. The fraction of sp³-hybridized carbons (Fsp3) is 0.640. The molecule has 0 aliphatic heterocycles. The van der Waals surface area contributed by atoms with Crippen LogP contribution in [0.1, 0.15) is 77.1 Å². The Morgan fingerprint density at radius 3 is 2.30 bits per heavy atom. The molecule has 0 aliphatic rings. The predicted molar refractivity (Wildman–Crippen MR) is 129 cm³/mol. The molecule has 0 radical (unpaired) electrons. The van der Waals surface area contributed by atoms with Crippen LogP contribution in [0.4, 0.5) is 4.79 Å². The maximum absolute atomic E-state index is 13.6. The van der Waals surface area contributed by atoms with Crippen molar-refractivity contribution in [3.05, 3.63) is 34.9 Å². The van der Waals surface area contributed by atoms with Gasteiger partial charge in [-0.1, -0.05) is 37.1 Å². The van der Waals surface area contributed by atoms with E-state index in [4.69, 9.17) is 4.74 Å². The van der Waals surface area contributed by atoms with E-state index in [1.54, 1.807) is 34.6 Å². The second kappa shape index (κ2) is 12.6. The number of benzene rings is 1. The molecule has 0 heterocycles. The Kier molecular flexibility index (Phi) is 10.8. The number of carbonyl (C=O) groups excluding carboxylic acids is 3. The van der Waals surface area contributed by atoms with Crippen LogP contribution in [0, 0.1) is 13.8 Å². The van der Waals surface area contributed by atoms with Crippen LogP contribution in [-0.4, -0.2) is 58.8 Å². The zero-order valence-electron chi connectivity index (χ0n) is 21.3. The fourth-order valence-electron chi connectivity index (χ4n) is 3.45. The Hall–Kier alpha value is -2.61. The van der Waals surface area contributed by atoms with Gasteiger partial charge < -0.3 is 25.4 Å². The molecule has 0 spiro atoms. The smallest absolute Gasteiger partial charge is 0.408 e. The first-order valence-corrected chi connectivity index (χ1v) is 11.6. The van der Waals surface area contributed by atoms with E-state index in [0.717, 1.165) is 24.0 Å². The Morgan fingerprint density at radius 2 is 1.79 bits per heavy atom. The van der Waals surface area contributed by atoms with E-state index in [1.807, 2.05) is 39.0 Å². The Morgan fingerprint density at radius 1 is 1.15 bits per heavy atom. The molecule has 33 heavy (non-hydrogen) atoms. The van der Waals surface area contributed by atoms with Crippen LogP contribution in [0.3, 0.4) is 0 Å². The molecule has 2 unspecified atom stereocenters. The summed E-state index contributed by atoms with van der Waals surface area (Å²) < 4.78 is 5.24. The van der Waals surface area contributed by atoms with Gasteiger partial charge in [0.15, 0.2) is 0 Å². The second-order valence-corrected chi connectivity index (χ2v) is 9.63. The van der Waals surface area contributed by atoms with Gasteiger partial charge in [-0.05, 0) is 66.0 Å². The Bertz CT molecular complexity index is 817. The van der Waals surface area contributed by atoms with E-state index in [-0.39, 0.29) is 11.9 Å². The molecule has 3 N–H and O–H groups in total. The SMILES string of the molecule is CCCCNC(=O)C(c1cc(C)ccc1C)N(C(=O)C(CO)NC(=O)OC(C)(C)C)C(C)C. The summed E-state index contributed by atoms with van der Waals surface area (Å²) in [6, 6.07) is 3.23. The maximum Gasteiger partial charge on any atom is 0.408 e. The lowest BCUT2D eigenvalue weighted by atomic mass is 9.95. The van der Waals surface area contributed by atoms with Crippen molar-refractivity contribution in [2.24, 2.45) is 0 Å². The molecular weight excluding hydrogens is 422 g/mol. The third kappa shape index (κ3) is 8.68. The molecule has 0 saturated carbocycles. The highest BCUT2D eigenvalue weighted by Gasteiger charge is 2.38. The number of nitrogens with zero attached hydrogens (tertiary/aromatic N) is 1. The minimum absolute atomic E-state index is 0.298. The summed E-state index contributed by atoms with van der Waals surface area (Å²) in [5, 5.41) is 15.3. The first-order valence-electron chi connectivity index (χ1n) is 11.6. The fourth-order valence-corrected chi connectivity index (χ4v) is 3.45. The number of alkyl carbamates (subject to hydrolysis) is 1. The second-order valence-electron chi connectivity index (χ2n) is 9.63. The largest absolute Gasteiger partial charge is 0.444 e. The van der Waals surface area contributed by atoms with Gasteiger partial charge in [0, 0.05) is 12.6 Å². The average molecular weight is 464 g/mol. The van der Waals surface area contributed by atoms with Crippen molar-refractivity contribution in [2.45, 2.75) is 92.0 Å². The first kappa shape index (κ1) is 28.4. The van der Waals surface area contributed by atoms with E-state index < -0.39 is 36.3 Å². The van der Waals surface area contributed by atoms with Gasteiger partial charge in [0.05, 0.1) is 6.61 Å². The summed E-state index contributed by atoms with van der Waals surface area (Å²) in [4.78, 5) is 40.7. The molecule has 1 aromatic carbocycles. The van der Waals surface area contributed by atoms with Crippen LogP contribution in [-0.2, 0) is 14.3 Å². The van der Waals surface area contributed by atoms with Gasteiger partial charge in [-0.15, -0.1) is 0 Å². The number of amides is 3. The number of aryl methyl sites for hydroxylation is 2. The van der Waals surface area contributed by atoms with Gasteiger partial charge in [0.2, 0.25) is 11.8 Å². The summed E-state index contributed by atoms with van der Waals surface area (Å²) >= 11 is 0. The number of hydrogen-bond donors (Lipinski definition) is 3. The minimum Gasteiger partial charge on any atom is -0.444 e. The summed E-state index contributed by atoms with van der Waals surface area (Å²) in [5.74, 6) is -0.858. The lowest BCUT2D eigenvalue weighted by Gasteiger charge is -2.37. The number of unbranched alkanes of at least 4 members (excludes halogenated alkanes) is 1. The van der Waals surface area contributed by atoms with Crippen molar-refractivity contribution in [3.8, 4) is 0 Å². The van der Waals surface area contributed by atoms with Crippen LogP contribution in [0.15, 0.2) is 18.2 Å². The molecule has 8 nitrogen and oxygen atoms in total. The van der Waals surface area contributed by atoms with Crippen LogP contribution in [0.2, 0.25) is 0 Å². The zero-order valence-corrected chi connectivity index (χ0v) is 21.3. The Balaban J connectivity index is 3.39. The first-order chi connectivity index (χ1) is 15.3. The van der Waals surface area contributed by atoms with E-state index in [9.17, 15) is 19.5 Å². The quantitative estimate of drug-likeness (QED) is 0.461. The number of ether oxygens (including phenoxy) is 1. The highest BCUT2D eigenvalue weighted by atomic mass is 16.6. The topological polar surface area (TPSA) is 108 Å². The molecule has 1 rings (SSSR count). The van der Waals surface area contributed by atoms with Crippen molar-refractivity contribution in [1.29, 1.82) is 0 Å². The lowest BCUT2D eigenvalue weighted by Crippen LogP contribution is -2.56. The van der Waals surface area contributed by atoms with Gasteiger partial charge in [-0.2, -0.15) is 0 Å². The number of hydrogen-bond acceptors (Lipinski definition) is 5. The lowest BCUT2D eigenvalue weighted by molar-refractivity contribution is -0.145. The van der Waals surface area contributed by atoms with Crippen molar-refractivity contribution < 1.29 is 24.2 Å². The molecule has 0 aliphatic carbocycles. The molecule has 0 fully saturated rings. The van der Waals surface area contributed by atoms with Gasteiger partial charge in [-0.3, -0.25) is 9.59 Å². The highest BCUT2D eigenvalue weighted by molar-refractivity contribution is 5.92. The predicted octanol–water partition coefficient (Wildman–Crippen LogP) is 3.38. The van der Waals surface area contributed by atoms with E-state index in [0.29, 0.717) is 12.1 Å². The van der Waals surface area contributed by atoms with E-state index in [1.165, 1.54) is 4.90 Å². The third-order valence-corrected chi connectivity index (χ3v) is 5.07. The summed E-state index contributed by atoms with van der Waals surface area (Å²) in [5.41, 5.74) is 1.78. The number of aliphatic hydroxyl groups is 1. The molecule has 186 valence electrons. The van der Waals surface area contributed by atoms with Gasteiger partial charge in [-0.25, -0.2) is 4.79 Å². The normalized spacial score (nSPS) is 13.3. The molecule has 1 aromatic rings. The van der Waals surface area contributed by atoms with Crippen molar-refractivity contribution >= 4 is 17.9 Å². The van der Waals surface area contributed by atoms with Gasteiger partial charge in [0.25, 0.3) is 0 Å². The van der Waals surface area contributed by atoms with E-state index in [2.05, 4.69) is 10.6 Å². The highest BCUT2D eigenvalue weighted by Crippen LogP contribution is 2.28. The molecule has 0 aromatic heterocycles. The number of nitrogens with one attached hydrogen (secondary N) is 2. The monoisotopic (exact) mass is 463 g/mol. The molecular formula is C25H41N3O5. The molecule has 0 bridgehead atoms. The minimum atomic E-state index is -1.25. The summed E-state index contributed by atoms with van der Waals surface area (Å²) in [6.07, 6.45) is 0.933. The maximum atomic E-state index is 13.6. The van der Waals surface area contributed by atoms with Crippen molar-refractivity contribution in [1.82, 2.24) is 15.5 Å². The Labute approximate surface area is 198 Å².